The van der Waals surface area contributed by atoms with E-state index in [2.05, 4.69) is 15.3 Å². The number of nitrogens with one attached hydrogen (secondary N) is 1. The van der Waals surface area contributed by atoms with Crippen molar-refractivity contribution in [2.24, 2.45) is 9.98 Å². The fraction of sp³-hybridized carbons (Fsp3) is 0.130. The Morgan fingerprint density at radius 2 is 1.04 bits per heavy atom. The number of rotatable bonds is 8. The Kier molecular flexibility index (Phi) is 7.65. The smallest absolute Gasteiger partial charge is 0.133 e. The summed E-state index contributed by atoms with van der Waals surface area (Å²) in [6.45, 7) is 0.963. The molecule has 0 aliphatic carbocycles. The van der Waals surface area contributed by atoms with Crippen LogP contribution in [0.5, 0.6) is 0 Å². The zero-order chi connectivity index (χ0) is 19.6. The van der Waals surface area contributed by atoms with Gasteiger partial charge in [0, 0.05) is 5.69 Å². The third kappa shape index (κ3) is 6.22. The second-order valence-corrected chi connectivity index (χ2v) is 6.97. The van der Waals surface area contributed by atoms with E-state index >= 15 is 0 Å². The van der Waals surface area contributed by atoms with E-state index in [0.717, 1.165) is 16.8 Å². The molecular formula is C23H21Cl2N3. The molecule has 0 amide bonds. The molecule has 0 heterocycles. The molecule has 3 aromatic rings. The fourth-order valence-corrected chi connectivity index (χ4v) is 3.09. The molecule has 142 valence electrons. The molecule has 0 aliphatic heterocycles. The van der Waals surface area contributed by atoms with E-state index in [1.165, 1.54) is 0 Å². The molecule has 0 spiro atoms. The minimum absolute atomic E-state index is 0.370. The van der Waals surface area contributed by atoms with Crippen molar-refractivity contribution in [3.63, 3.8) is 0 Å². The van der Waals surface area contributed by atoms with Crippen LogP contribution in [-0.2, 0) is 13.1 Å². The number of nitrogens with zero attached hydrogens (tertiary/aromatic N) is 2. The highest BCUT2D eigenvalue weighted by atomic mass is 35.5. The maximum atomic E-state index is 6.55. The lowest BCUT2D eigenvalue weighted by molar-refractivity contribution is 1.04. The summed E-state index contributed by atoms with van der Waals surface area (Å²) in [7, 11) is 0. The molecule has 0 unspecified atom stereocenters. The van der Waals surface area contributed by atoms with Gasteiger partial charge in [0.25, 0.3) is 0 Å². The number of hydrogen-bond donors (Lipinski definition) is 1. The first-order valence-electron chi connectivity index (χ1n) is 9.01. The summed E-state index contributed by atoms with van der Waals surface area (Å²) < 4.78 is 0. The number of benzene rings is 3. The van der Waals surface area contributed by atoms with Gasteiger partial charge in [-0.15, -0.1) is 0 Å². The molecule has 3 aromatic carbocycles. The summed E-state index contributed by atoms with van der Waals surface area (Å²) in [5.74, 6) is 0. The molecule has 0 radical (unpaired) electrons. The van der Waals surface area contributed by atoms with Gasteiger partial charge in [-0.2, -0.15) is 0 Å². The minimum atomic E-state index is -0.502. The van der Waals surface area contributed by atoms with E-state index < -0.39 is 6.04 Å². The molecule has 0 aliphatic rings. The van der Waals surface area contributed by atoms with E-state index in [4.69, 9.17) is 23.2 Å². The van der Waals surface area contributed by atoms with Crippen LogP contribution in [0.25, 0.3) is 0 Å². The van der Waals surface area contributed by atoms with E-state index in [9.17, 15) is 0 Å². The topological polar surface area (TPSA) is 36.8 Å². The predicted molar refractivity (Wildman–Crippen MR) is 121 cm³/mol. The van der Waals surface area contributed by atoms with Crippen LogP contribution in [0.2, 0.25) is 0 Å². The molecule has 0 saturated carbocycles. The summed E-state index contributed by atoms with van der Waals surface area (Å²) in [4.78, 5) is 9.04. The normalized spacial score (nSPS) is 13.2. The first kappa shape index (κ1) is 20.1. The second-order valence-electron chi connectivity index (χ2n) is 6.19. The van der Waals surface area contributed by atoms with Gasteiger partial charge in [0.1, 0.15) is 16.4 Å². The van der Waals surface area contributed by atoms with Crippen molar-refractivity contribution < 1.29 is 0 Å². The van der Waals surface area contributed by atoms with Crippen molar-refractivity contribution in [1.82, 2.24) is 0 Å². The third-order valence-electron chi connectivity index (χ3n) is 4.07. The van der Waals surface area contributed by atoms with E-state index in [-0.39, 0.29) is 0 Å². The van der Waals surface area contributed by atoms with Crippen molar-refractivity contribution in [1.29, 1.82) is 0 Å². The maximum Gasteiger partial charge on any atom is 0.133 e. The first-order chi connectivity index (χ1) is 13.7. The Hall–Kier alpha value is -2.62. The molecular weight excluding hydrogens is 389 g/mol. The first-order valence-corrected chi connectivity index (χ1v) is 9.77. The number of para-hydroxylation sites is 1. The lowest BCUT2D eigenvalue weighted by Crippen LogP contribution is -2.32. The van der Waals surface area contributed by atoms with E-state index in [0.29, 0.717) is 23.4 Å². The van der Waals surface area contributed by atoms with Crippen LogP contribution in [0.1, 0.15) is 11.1 Å². The molecule has 3 rings (SSSR count). The van der Waals surface area contributed by atoms with Crippen molar-refractivity contribution in [2.75, 3.05) is 5.32 Å². The molecule has 0 fully saturated rings. The van der Waals surface area contributed by atoms with Crippen LogP contribution in [0, 0.1) is 0 Å². The van der Waals surface area contributed by atoms with Crippen molar-refractivity contribution in [3.8, 4) is 0 Å². The third-order valence-corrected chi connectivity index (χ3v) is 4.75. The van der Waals surface area contributed by atoms with Crippen LogP contribution >= 0.6 is 23.2 Å². The summed E-state index contributed by atoms with van der Waals surface area (Å²) in [5.41, 5.74) is 3.06. The summed E-state index contributed by atoms with van der Waals surface area (Å²) in [6, 6.07) is 29.2. The number of aliphatic imine (C=N–C) groups is 2. The van der Waals surface area contributed by atoms with Crippen LogP contribution in [0.15, 0.2) is 101 Å². The Morgan fingerprint density at radius 1 is 0.643 bits per heavy atom. The Bertz CT molecular complexity index is 853. The zero-order valence-corrected chi connectivity index (χ0v) is 16.8. The van der Waals surface area contributed by atoms with Gasteiger partial charge in [0.15, 0.2) is 0 Å². The summed E-state index contributed by atoms with van der Waals surface area (Å²) in [5, 5.41) is 4.07. The summed E-state index contributed by atoms with van der Waals surface area (Å²) >= 11 is 13.1. The molecule has 5 heteroatoms. The predicted octanol–water partition coefficient (Wildman–Crippen LogP) is 6.14. The van der Waals surface area contributed by atoms with Crippen molar-refractivity contribution in [3.05, 3.63) is 102 Å². The number of hydrogen-bond acceptors (Lipinski definition) is 3. The molecule has 0 saturated heterocycles. The van der Waals surface area contributed by atoms with Gasteiger partial charge in [0.05, 0.1) is 13.1 Å². The van der Waals surface area contributed by atoms with Gasteiger partial charge in [-0.1, -0.05) is 102 Å². The van der Waals surface area contributed by atoms with Gasteiger partial charge < -0.3 is 5.32 Å². The van der Waals surface area contributed by atoms with Crippen LogP contribution < -0.4 is 5.32 Å². The number of halogens is 2. The molecule has 0 atom stereocenters. The highest BCUT2D eigenvalue weighted by molar-refractivity contribution is 6.77. The van der Waals surface area contributed by atoms with Gasteiger partial charge in [-0.05, 0) is 23.3 Å². The maximum absolute atomic E-state index is 6.55. The molecule has 1 N–H and O–H groups in total. The van der Waals surface area contributed by atoms with Crippen molar-refractivity contribution >= 4 is 39.2 Å². The lowest BCUT2D eigenvalue weighted by Gasteiger charge is -2.17. The average molecular weight is 410 g/mol. The van der Waals surface area contributed by atoms with E-state index in [1.54, 1.807) is 0 Å². The lowest BCUT2D eigenvalue weighted by atomic mass is 10.2. The Morgan fingerprint density at radius 3 is 1.46 bits per heavy atom. The standard InChI is InChI=1S/C23H21Cl2N3/c24-22(26-16-18-10-4-1-5-11-18)21(28-20-14-8-3-9-15-20)23(25)27-17-19-12-6-2-7-13-19/h1-15,21,28H,16-17H2. The van der Waals surface area contributed by atoms with Crippen LogP contribution in [0.3, 0.4) is 0 Å². The minimum Gasteiger partial charge on any atom is -0.370 e. The van der Waals surface area contributed by atoms with Gasteiger partial charge >= 0.3 is 0 Å². The number of anilines is 1. The van der Waals surface area contributed by atoms with Gasteiger partial charge in [-0.3, -0.25) is 9.98 Å². The molecule has 0 bridgehead atoms. The fourth-order valence-electron chi connectivity index (χ4n) is 2.60. The van der Waals surface area contributed by atoms with Crippen LogP contribution in [-0.4, -0.2) is 16.4 Å². The zero-order valence-electron chi connectivity index (χ0n) is 15.3. The molecule has 0 aromatic heterocycles. The molecule has 28 heavy (non-hydrogen) atoms. The monoisotopic (exact) mass is 409 g/mol. The highest BCUT2D eigenvalue weighted by Gasteiger charge is 2.19. The average Bonchev–Trinajstić information content (AvgIpc) is 2.76. The van der Waals surface area contributed by atoms with Crippen LogP contribution in [0.4, 0.5) is 5.69 Å². The second kappa shape index (κ2) is 10.6. The quantitative estimate of drug-likeness (QED) is 0.445. The van der Waals surface area contributed by atoms with Gasteiger partial charge in [-0.25, -0.2) is 0 Å². The van der Waals surface area contributed by atoms with Gasteiger partial charge in [0.2, 0.25) is 0 Å². The molecule has 3 nitrogen and oxygen atoms in total. The Labute approximate surface area is 175 Å². The SMILES string of the molecule is ClC(=NCc1ccccc1)C(Nc1ccccc1)C(Cl)=NCc1ccccc1. The summed E-state index contributed by atoms with van der Waals surface area (Å²) in [6.07, 6.45) is 0. The van der Waals surface area contributed by atoms with E-state index in [1.807, 2.05) is 91.0 Å². The largest absolute Gasteiger partial charge is 0.370 e. The Balaban J connectivity index is 1.79. The van der Waals surface area contributed by atoms with Crippen molar-refractivity contribution in [2.45, 2.75) is 19.1 Å². The highest BCUT2D eigenvalue weighted by Crippen LogP contribution is 2.15.